The van der Waals surface area contributed by atoms with Gasteiger partial charge in [-0.2, -0.15) is 0 Å². The molecule has 2 heterocycles. The molecule has 1 aromatic heterocycles. The minimum atomic E-state index is -0.477. The molecule has 0 radical (unpaired) electrons. The van der Waals surface area contributed by atoms with Crippen molar-refractivity contribution in [3.63, 3.8) is 0 Å². The van der Waals surface area contributed by atoms with Crippen molar-refractivity contribution in [1.82, 2.24) is 9.88 Å². The lowest BCUT2D eigenvalue weighted by Crippen LogP contribution is -2.38. The largest absolute Gasteiger partial charge is 0.465 e. The van der Waals surface area contributed by atoms with Gasteiger partial charge in [-0.05, 0) is 24.8 Å². The van der Waals surface area contributed by atoms with Gasteiger partial charge in [-0.1, -0.05) is 6.92 Å². The molecule has 1 amide bonds. The maximum atomic E-state index is 12.3. The van der Waals surface area contributed by atoms with Gasteiger partial charge in [0.2, 0.25) is 0 Å². The van der Waals surface area contributed by atoms with E-state index in [0.29, 0.717) is 17.0 Å². The Labute approximate surface area is 112 Å². The fraction of sp³-hybridized carbons (Fsp3) is 0.500. The van der Waals surface area contributed by atoms with Crippen LogP contribution in [0, 0.1) is 5.92 Å². The third kappa shape index (κ3) is 3.10. The minimum absolute atomic E-state index is 0.0647. The number of ether oxygens (including phenoxy) is 1. The van der Waals surface area contributed by atoms with Crippen molar-refractivity contribution in [3.05, 3.63) is 29.6 Å². The molecule has 0 spiro atoms. The summed E-state index contributed by atoms with van der Waals surface area (Å²) in [5.74, 6) is 0.128. The molecule has 1 saturated heterocycles. The second-order valence-electron chi connectivity index (χ2n) is 4.93. The molecule has 0 aliphatic carbocycles. The summed E-state index contributed by atoms with van der Waals surface area (Å²) in [4.78, 5) is 29.5. The second-order valence-corrected chi connectivity index (χ2v) is 4.93. The van der Waals surface area contributed by atoms with E-state index in [1.54, 1.807) is 6.07 Å². The summed E-state index contributed by atoms with van der Waals surface area (Å²) in [5, 5.41) is 0. The zero-order valence-electron chi connectivity index (χ0n) is 11.3. The third-order valence-corrected chi connectivity index (χ3v) is 3.48. The standard InChI is InChI=1S/C14H18N2O3/c1-10-3-5-16(6-4-10)13(17)11-7-12(9-15-8-11)14(18)19-2/h7-10H,3-6H2,1-2H3. The number of hydrogen-bond acceptors (Lipinski definition) is 4. The average Bonchev–Trinajstić information content (AvgIpc) is 2.46. The minimum Gasteiger partial charge on any atom is -0.465 e. The number of rotatable bonds is 2. The molecule has 19 heavy (non-hydrogen) atoms. The summed E-state index contributed by atoms with van der Waals surface area (Å²) in [7, 11) is 1.31. The molecule has 1 aromatic rings. The van der Waals surface area contributed by atoms with Gasteiger partial charge in [0.25, 0.3) is 5.91 Å². The normalized spacial score (nSPS) is 16.2. The number of likely N-dealkylation sites (tertiary alicyclic amines) is 1. The molecule has 0 aromatic carbocycles. The number of amides is 1. The van der Waals surface area contributed by atoms with Crippen LogP contribution in [-0.4, -0.2) is 42.0 Å². The number of methoxy groups -OCH3 is 1. The van der Waals surface area contributed by atoms with Crippen LogP contribution in [0.4, 0.5) is 0 Å². The maximum absolute atomic E-state index is 12.3. The van der Waals surface area contributed by atoms with E-state index in [2.05, 4.69) is 16.6 Å². The number of esters is 1. The molecule has 5 nitrogen and oxygen atoms in total. The number of carbonyl (C=O) groups excluding carboxylic acids is 2. The van der Waals surface area contributed by atoms with Crippen LogP contribution in [0.25, 0.3) is 0 Å². The van der Waals surface area contributed by atoms with Crippen LogP contribution >= 0.6 is 0 Å². The first kappa shape index (κ1) is 13.5. The van der Waals surface area contributed by atoms with Gasteiger partial charge < -0.3 is 9.64 Å². The van der Waals surface area contributed by atoms with Crippen molar-refractivity contribution in [2.24, 2.45) is 5.92 Å². The summed E-state index contributed by atoms with van der Waals surface area (Å²) in [6.45, 7) is 3.73. The van der Waals surface area contributed by atoms with Crippen molar-refractivity contribution in [3.8, 4) is 0 Å². The Morgan fingerprint density at radius 2 is 1.89 bits per heavy atom. The summed E-state index contributed by atoms with van der Waals surface area (Å²) in [5.41, 5.74) is 0.746. The first-order valence-electron chi connectivity index (χ1n) is 6.44. The lowest BCUT2D eigenvalue weighted by Gasteiger charge is -2.30. The second kappa shape index (κ2) is 5.82. The van der Waals surface area contributed by atoms with Gasteiger partial charge in [0.1, 0.15) is 0 Å². The third-order valence-electron chi connectivity index (χ3n) is 3.48. The number of pyridine rings is 1. The molecule has 1 aliphatic heterocycles. The van der Waals surface area contributed by atoms with E-state index in [0.717, 1.165) is 25.9 Å². The van der Waals surface area contributed by atoms with E-state index in [1.165, 1.54) is 19.5 Å². The molecular formula is C14H18N2O3. The van der Waals surface area contributed by atoms with E-state index in [1.807, 2.05) is 4.90 Å². The summed E-state index contributed by atoms with van der Waals surface area (Å²) < 4.78 is 4.63. The molecule has 1 aliphatic rings. The Balaban J connectivity index is 2.13. The highest BCUT2D eigenvalue weighted by Gasteiger charge is 2.22. The molecule has 0 saturated carbocycles. The highest BCUT2D eigenvalue weighted by Crippen LogP contribution is 2.18. The Morgan fingerprint density at radius 1 is 1.26 bits per heavy atom. The zero-order valence-corrected chi connectivity index (χ0v) is 11.3. The average molecular weight is 262 g/mol. The van der Waals surface area contributed by atoms with Gasteiger partial charge in [-0.3, -0.25) is 9.78 Å². The quantitative estimate of drug-likeness (QED) is 0.762. The molecule has 2 rings (SSSR count). The number of piperidine rings is 1. The van der Waals surface area contributed by atoms with Gasteiger partial charge in [-0.15, -0.1) is 0 Å². The molecule has 0 N–H and O–H groups in total. The van der Waals surface area contributed by atoms with E-state index < -0.39 is 5.97 Å². The predicted molar refractivity (Wildman–Crippen MR) is 69.9 cm³/mol. The van der Waals surface area contributed by atoms with Crippen LogP contribution in [0.3, 0.4) is 0 Å². The van der Waals surface area contributed by atoms with Crippen molar-refractivity contribution < 1.29 is 14.3 Å². The van der Waals surface area contributed by atoms with Gasteiger partial charge in [0.05, 0.1) is 18.2 Å². The summed E-state index contributed by atoms with van der Waals surface area (Å²) in [6, 6.07) is 1.54. The van der Waals surface area contributed by atoms with Crippen LogP contribution in [-0.2, 0) is 4.74 Å². The fourth-order valence-corrected chi connectivity index (χ4v) is 2.18. The first-order valence-corrected chi connectivity index (χ1v) is 6.44. The highest BCUT2D eigenvalue weighted by atomic mass is 16.5. The number of carbonyl (C=O) groups is 2. The van der Waals surface area contributed by atoms with Crippen LogP contribution in [0.1, 0.15) is 40.5 Å². The lowest BCUT2D eigenvalue weighted by atomic mass is 9.98. The molecule has 0 atom stereocenters. The molecule has 5 heteroatoms. The summed E-state index contributed by atoms with van der Waals surface area (Å²) >= 11 is 0. The predicted octanol–water partition coefficient (Wildman–Crippen LogP) is 1.74. The van der Waals surface area contributed by atoms with E-state index in [4.69, 9.17) is 0 Å². The van der Waals surface area contributed by atoms with Gasteiger partial charge in [0, 0.05) is 25.5 Å². The number of hydrogen-bond donors (Lipinski definition) is 0. The Kier molecular flexibility index (Phi) is 4.14. The lowest BCUT2D eigenvalue weighted by molar-refractivity contribution is 0.0600. The van der Waals surface area contributed by atoms with Crippen molar-refractivity contribution >= 4 is 11.9 Å². The molecule has 0 unspecified atom stereocenters. The SMILES string of the molecule is COC(=O)c1cncc(C(=O)N2CCC(C)CC2)c1. The van der Waals surface area contributed by atoms with E-state index in [-0.39, 0.29) is 5.91 Å². The maximum Gasteiger partial charge on any atom is 0.339 e. The van der Waals surface area contributed by atoms with Gasteiger partial charge in [0.15, 0.2) is 0 Å². The Morgan fingerprint density at radius 3 is 2.53 bits per heavy atom. The van der Waals surface area contributed by atoms with Crippen LogP contribution < -0.4 is 0 Å². The van der Waals surface area contributed by atoms with Crippen molar-refractivity contribution in [2.75, 3.05) is 20.2 Å². The van der Waals surface area contributed by atoms with Crippen LogP contribution in [0.5, 0.6) is 0 Å². The van der Waals surface area contributed by atoms with E-state index in [9.17, 15) is 9.59 Å². The Hall–Kier alpha value is -1.91. The monoisotopic (exact) mass is 262 g/mol. The number of nitrogens with zero attached hydrogens (tertiary/aromatic N) is 2. The van der Waals surface area contributed by atoms with Gasteiger partial charge >= 0.3 is 5.97 Å². The molecule has 0 bridgehead atoms. The van der Waals surface area contributed by atoms with Crippen LogP contribution in [0.2, 0.25) is 0 Å². The van der Waals surface area contributed by atoms with Crippen molar-refractivity contribution in [2.45, 2.75) is 19.8 Å². The van der Waals surface area contributed by atoms with Gasteiger partial charge in [-0.25, -0.2) is 4.79 Å². The summed E-state index contributed by atoms with van der Waals surface area (Å²) in [6.07, 6.45) is 4.94. The number of aromatic nitrogens is 1. The molecular weight excluding hydrogens is 244 g/mol. The molecule has 1 fully saturated rings. The fourth-order valence-electron chi connectivity index (χ4n) is 2.18. The Bertz CT molecular complexity index is 479. The van der Waals surface area contributed by atoms with Crippen molar-refractivity contribution in [1.29, 1.82) is 0 Å². The first-order chi connectivity index (χ1) is 9.11. The highest BCUT2D eigenvalue weighted by molar-refractivity contribution is 5.97. The topological polar surface area (TPSA) is 59.5 Å². The zero-order chi connectivity index (χ0) is 13.8. The molecule has 102 valence electrons. The van der Waals surface area contributed by atoms with Crippen LogP contribution in [0.15, 0.2) is 18.5 Å². The van der Waals surface area contributed by atoms with E-state index >= 15 is 0 Å². The smallest absolute Gasteiger partial charge is 0.339 e.